The summed E-state index contributed by atoms with van der Waals surface area (Å²) in [4.78, 5) is 0. The molecule has 0 saturated heterocycles. The minimum absolute atomic E-state index is 0.309. The van der Waals surface area contributed by atoms with E-state index in [4.69, 9.17) is 4.43 Å². The third-order valence-corrected chi connectivity index (χ3v) is 26.8. The molecule has 34 heavy (non-hydrogen) atoms. The van der Waals surface area contributed by atoms with Crippen LogP contribution in [0.4, 0.5) is 0 Å². The number of aliphatic hydroxyl groups is 1. The van der Waals surface area contributed by atoms with Crippen LogP contribution in [0.25, 0.3) is 0 Å². The zero-order valence-electron chi connectivity index (χ0n) is 25.0. The van der Waals surface area contributed by atoms with Crippen LogP contribution in [0.15, 0.2) is 10.2 Å². The van der Waals surface area contributed by atoms with Crippen molar-refractivity contribution in [2.75, 3.05) is 6.61 Å². The number of unbranched alkanes of at least 4 members (excludes halogenated alkanes) is 8. The molecule has 0 aliphatic rings. The van der Waals surface area contributed by atoms with Gasteiger partial charge in [0, 0.05) is 0 Å². The fourth-order valence-electron chi connectivity index (χ4n) is 4.49. The molecule has 4 heteroatoms. The van der Waals surface area contributed by atoms with E-state index in [0.29, 0.717) is 5.04 Å². The molecule has 0 amide bonds. The zero-order chi connectivity index (χ0) is 26.1. The van der Waals surface area contributed by atoms with E-state index >= 15 is 0 Å². The van der Waals surface area contributed by atoms with E-state index in [1.54, 1.807) is 0 Å². The van der Waals surface area contributed by atoms with Gasteiger partial charge in [-0.1, -0.05) is 20.8 Å². The molecule has 0 fully saturated rings. The van der Waals surface area contributed by atoms with Gasteiger partial charge in [0.05, 0.1) is 0 Å². The van der Waals surface area contributed by atoms with Crippen LogP contribution in [0.2, 0.25) is 31.4 Å². The predicted molar refractivity (Wildman–Crippen MR) is 160 cm³/mol. The molecule has 0 aliphatic carbocycles. The van der Waals surface area contributed by atoms with Crippen molar-refractivity contribution >= 4 is 26.7 Å². The molecule has 204 valence electrons. The van der Waals surface area contributed by atoms with Gasteiger partial charge in [0.2, 0.25) is 0 Å². The van der Waals surface area contributed by atoms with E-state index in [9.17, 15) is 5.11 Å². The summed E-state index contributed by atoms with van der Waals surface area (Å²) in [6, 6.07) is 0. The fourth-order valence-corrected chi connectivity index (χ4v) is 20.2. The fraction of sp³-hybridized carbons (Fsp3) is 0.933. The zero-order valence-corrected chi connectivity index (χ0v) is 28.9. The van der Waals surface area contributed by atoms with Crippen LogP contribution >= 0.6 is 0 Å². The van der Waals surface area contributed by atoms with E-state index in [1.807, 2.05) is 0 Å². The van der Waals surface area contributed by atoms with Crippen LogP contribution in [0.5, 0.6) is 0 Å². The topological polar surface area (TPSA) is 29.5 Å². The average Bonchev–Trinajstić information content (AvgIpc) is 2.76. The molecule has 2 nitrogen and oxygen atoms in total. The van der Waals surface area contributed by atoms with Crippen LogP contribution < -0.4 is 0 Å². The van der Waals surface area contributed by atoms with Gasteiger partial charge >= 0.3 is 175 Å². The van der Waals surface area contributed by atoms with Crippen LogP contribution in [0.1, 0.15) is 132 Å². The first-order valence-electron chi connectivity index (χ1n) is 14.9. The first-order valence-corrected chi connectivity index (χ1v) is 25.5. The Morgan fingerprint density at radius 3 is 1.59 bits per heavy atom. The normalized spacial score (nSPS) is 15.2. The Kier molecular flexibility index (Phi) is 18.4. The number of hydrogen-bond acceptors (Lipinski definition) is 2. The van der Waals surface area contributed by atoms with Crippen molar-refractivity contribution in [3.05, 3.63) is 10.2 Å². The maximum absolute atomic E-state index is 11.1. The van der Waals surface area contributed by atoms with Gasteiger partial charge in [-0.2, -0.15) is 0 Å². The second-order valence-corrected chi connectivity index (χ2v) is 30.7. The maximum atomic E-state index is 11.1. The minimum atomic E-state index is -2.29. The molecule has 0 aromatic carbocycles. The number of hydrogen-bond donors (Lipinski definition) is 1. The molecule has 0 radical (unpaired) electrons. The van der Waals surface area contributed by atoms with E-state index in [-0.39, 0.29) is 0 Å². The van der Waals surface area contributed by atoms with Crippen molar-refractivity contribution in [2.45, 2.75) is 169 Å². The van der Waals surface area contributed by atoms with Gasteiger partial charge in [0.25, 0.3) is 0 Å². The monoisotopic (exact) mass is 604 g/mol. The molecular weight excluding hydrogens is 539 g/mol. The second kappa shape index (κ2) is 18.0. The van der Waals surface area contributed by atoms with Crippen molar-refractivity contribution in [2.24, 2.45) is 0 Å². The van der Waals surface area contributed by atoms with E-state index in [0.717, 1.165) is 19.4 Å². The van der Waals surface area contributed by atoms with E-state index in [1.165, 1.54) is 83.9 Å². The molecule has 1 N–H and O–H groups in total. The SMILES string of the molecule is CCC[CH2][Sn](/[CH]=C/C(C)(O)CCCCCCCCO[Si](C)(C)C(C)(C)C)([CH2]CCC)[CH2]CCC. The van der Waals surface area contributed by atoms with Crippen molar-refractivity contribution in [1.29, 1.82) is 0 Å². The quantitative estimate of drug-likeness (QED) is 0.105. The Morgan fingerprint density at radius 2 is 1.15 bits per heavy atom. The van der Waals surface area contributed by atoms with Gasteiger partial charge in [0.1, 0.15) is 0 Å². The summed E-state index contributed by atoms with van der Waals surface area (Å²) in [7, 11) is -1.58. The molecule has 1 atom stereocenters. The molecule has 1 unspecified atom stereocenters. The molecule has 0 aliphatic heterocycles. The van der Waals surface area contributed by atoms with Crippen LogP contribution in [-0.4, -0.2) is 44.0 Å². The van der Waals surface area contributed by atoms with Gasteiger partial charge < -0.3 is 0 Å². The van der Waals surface area contributed by atoms with Crippen LogP contribution in [0, 0.1) is 0 Å². The number of rotatable bonds is 21. The Morgan fingerprint density at radius 1 is 0.706 bits per heavy atom. The first-order chi connectivity index (χ1) is 15.8. The molecule has 0 aromatic rings. The molecule has 0 aromatic heterocycles. The van der Waals surface area contributed by atoms with Crippen LogP contribution in [-0.2, 0) is 4.43 Å². The van der Waals surface area contributed by atoms with Crippen molar-refractivity contribution in [3.8, 4) is 0 Å². The van der Waals surface area contributed by atoms with Crippen molar-refractivity contribution in [3.63, 3.8) is 0 Å². The van der Waals surface area contributed by atoms with Gasteiger partial charge in [-0.15, -0.1) is 0 Å². The standard InChI is InChI=1S/C18H37O2Si.3C4H9.Sn/c1-8-18(5,19)15-13-11-9-10-12-14-16-20-21(6,7)17(2,3)4;3*1-3-4-2;/h1,8,19H,9-16H2,2-7H3;3*1,3-4H2,2H3;. The summed E-state index contributed by atoms with van der Waals surface area (Å²) in [5.41, 5.74) is -0.621. The second-order valence-electron chi connectivity index (χ2n) is 12.8. The molecule has 0 bridgehead atoms. The van der Waals surface area contributed by atoms with Crippen molar-refractivity contribution < 1.29 is 9.53 Å². The van der Waals surface area contributed by atoms with Gasteiger partial charge in [-0.3, -0.25) is 0 Å². The average molecular weight is 604 g/mol. The van der Waals surface area contributed by atoms with Gasteiger partial charge in [-0.25, -0.2) is 0 Å². The molecule has 0 saturated carbocycles. The Hall–Kier alpha value is 0.676. The molecular formula is C30H64O2SiSn. The Bertz CT molecular complexity index is 501. The van der Waals surface area contributed by atoms with Gasteiger partial charge in [0.15, 0.2) is 8.32 Å². The Balaban J connectivity index is 4.43. The molecule has 0 spiro atoms. The summed E-state index contributed by atoms with van der Waals surface area (Å²) < 4.78 is 13.4. The van der Waals surface area contributed by atoms with E-state index < -0.39 is 32.3 Å². The molecule has 0 heterocycles. The summed E-state index contributed by atoms with van der Waals surface area (Å²) in [5, 5.41) is 11.4. The summed E-state index contributed by atoms with van der Waals surface area (Å²) in [5.74, 6) is 0. The third kappa shape index (κ3) is 15.7. The first kappa shape index (κ1) is 34.7. The van der Waals surface area contributed by atoms with Gasteiger partial charge in [-0.05, 0) is 18.1 Å². The van der Waals surface area contributed by atoms with E-state index in [2.05, 4.69) is 71.7 Å². The third-order valence-electron chi connectivity index (χ3n) is 8.23. The predicted octanol–water partition coefficient (Wildman–Crippen LogP) is 10.4. The summed E-state index contributed by atoms with van der Waals surface area (Å²) >= 11 is -2.29. The van der Waals surface area contributed by atoms with Crippen LogP contribution in [0.3, 0.4) is 0 Å². The Labute approximate surface area is 221 Å². The molecule has 0 rings (SSSR count). The summed E-state index contributed by atoms with van der Waals surface area (Å²) in [6.45, 7) is 21.6. The summed E-state index contributed by atoms with van der Waals surface area (Å²) in [6.07, 6.45) is 18.7. The van der Waals surface area contributed by atoms with Crippen molar-refractivity contribution in [1.82, 2.24) is 0 Å².